The quantitative estimate of drug-likeness (QED) is 0.508. The van der Waals surface area contributed by atoms with E-state index in [1.54, 1.807) is 28.2 Å². The molecular formula is C21H20ClN7O. The van der Waals surface area contributed by atoms with E-state index >= 15 is 0 Å². The Hall–Kier alpha value is -3.33. The Morgan fingerprint density at radius 1 is 1.20 bits per heavy atom. The zero-order chi connectivity index (χ0) is 21.1. The number of rotatable bonds is 4. The number of imidazole rings is 1. The Morgan fingerprint density at radius 3 is 2.70 bits per heavy atom. The third-order valence-electron chi connectivity index (χ3n) is 5.10. The second-order valence-electron chi connectivity index (χ2n) is 6.88. The summed E-state index contributed by atoms with van der Waals surface area (Å²) in [6.45, 7) is 5.30. The number of hydrogen-bond acceptors (Lipinski definition) is 6. The lowest BCUT2D eigenvalue weighted by molar-refractivity contribution is 0.585. The highest BCUT2D eigenvalue weighted by atomic mass is 35.5. The molecule has 0 bridgehead atoms. The van der Waals surface area contributed by atoms with Crippen LogP contribution in [0.1, 0.15) is 18.1 Å². The Morgan fingerprint density at radius 2 is 1.97 bits per heavy atom. The predicted molar refractivity (Wildman–Crippen MR) is 116 cm³/mol. The van der Waals surface area contributed by atoms with E-state index in [2.05, 4.69) is 38.1 Å². The number of nitriles is 1. The fourth-order valence-electron chi connectivity index (χ4n) is 3.65. The normalized spacial score (nSPS) is 13.7. The molecule has 1 aliphatic heterocycles. The van der Waals surface area contributed by atoms with Crippen LogP contribution in [0.3, 0.4) is 0 Å². The number of nitrogens with zero attached hydrogens (tertiary/aromatic N) is 6. The maximum absolute atomic E-state index is 13.4. The number of benzene rings is 1. The van der Waals surface area contributed by atoms with Crippen LogP contribution in [-0.4, -0.2) is 45.3 Å². The third-order valence-corrected chi connectivity index (χ3v) is 5.27. The van der Waals surface area contributed by atoms with Gasteiger partial charge in [0.25, 0.3) is 0 Å². The SMILES string of the molecule is CC#CCn1c(=O)n(Cc2ccccc2C#N)c2nc(Cl)nc(N3CCNCC3)c21. The Balaban J connectivity index is 1.95. The molecule has 1 saturated heterocycles. The summed E-state index contributed by atoms with van der Waals surface area (Å²) in [7, 11) is 0. The smallest absolute Gasteiger partial charge is 0.331 e. The van der Waals surface area contributed by atoms with Crippen LogP contribution >= 0.6 is 11.6 Å². The van der Waals surface area contributed by atoms with Gasteiger partial charge >= 0.3 is 5.69 Å². The monoisotopic (exact) mass is 421 g/mol. The van der Waals surface area contributed by atoms with Crippen molar-refractivity contribution in [1.82, 2.24) is 24.4 Å². The molecule has 0 radical (unpaired) electrons. The standard InChI is InChI=1S/C21H20ClN7O/c1-2-3-10-28-17-18(27-11-8-24-9-12-27)25-20(22)26-19(17)29(21(28)30)14-16-7-5-4-6-15(16)13-23/h4-7,24H,8-12,14H2,1H3. The van der Waals surface area contributed by atoms with Crippen molar-refractivity contribution >= 4 is 28.6 Å². The number of aromatic nitrogens is 4. The summed E-state index contributed by atoms with van der Waals surface area (Å²) in [5.74, 6) is 6.45. The molecule has 2 aromatic heterocycles. The summed E-state index contributed by atoms with van der Waals surface area (Å²) in [6, 6.07) is 9.39. The van der Waals surface area contributed by atoms with Crippen molar-refractivity contribution in [3.8, 4) is 17.9 Å². The van der Waals surface area contributed by atoms with Gasteiger partial charge in [0.05, 0.1) is 24.7 Å². The van der Waals surface area contributed by atoms with Crippen LogP contribution < -0.4 is 15.9 Å². The summed E-state index contributed by atoms with van der Waals surface area (Å²) in [6.07, 6.45) is 0. The van der Waals surface area contributed by atoms with Crippen LogP contribution in [0.4, 0.5) is 5.82 Å². The first-order valence-electron chi connectivity index (χ1n) is 9.64. The van der Waals surface area contributed by atoms with Crippen LogP contribution in [0.5, 0.6) is 0 Å². The van der Waals surface area contributed by atoms with Crippen LogP contribution in [0.2, 0.25) is 5.28 Å². The molecule has 1 aromatic carbocycles. The van der Waals surface area contributed by atoms with E-state index in [-0.39, 0.29) is 24.1 Å². The average Bonchev–Trinajstić information content (AvgIpc) is 3.03. The van der Waals surface area contributed by atoms with Crippen LogP contribution in [0.15, 0.2) is 29.1 Å². The third kappa shape index (κ3) is 3.63. The Bertz CT molecular complexity index is 1250. The summed E-state index contributed by atoms with van der Waals surface area (Å²) >= 11 is 6.27. The van der Waals surface area contributed by atoms with E-state index in [4.69, 9.17) is 11.6 Å². The number of fused-ring (bicyclic) bond motifs is 1. The molecule has 0 amide bonds. The average molecular weight is 422 g/mol. The molecule has 0 spiro atoms. The number of piperazine rings is 1. The molecule has 0 saturated carbocycles. The highest BCUT2D eigenvalue weighted by molar-refractivity contribution is 6.28. The molecule has 30 heavy (non-hydrogen) atoms. The maximum Gasteiger partial charge on any atom is 0.331 e. The van der Waals surface area contributed by atoms with Crippen molar-refractivity contribution in [2.24, 2.45) is 0 Å². The van der Waals surface area contributed by atoms with Crippen LogP contribution in [-0.2, 0) is 13.1 Å². The molecule has 4 rings (SSSR count). The van der Waals surface area contributed by atoms with Crippen molar-refractivity contribution in [3.05, 3.63) is 51.2 Å². The minimum Gasteiger partial charge on any atom is -0.352 e. The first-order chi connectivity index (χ1) is 14.6. The molecule has 9 heteroatoms. The van der Waals surface area contributed by atoms with Gasteiger partial charge in [-0.15, -0.1) is 5.92 Å². The van der Waals surface area contributed by atoms with E-state index < -0.39 is 0 Å². The molecule has 1 aliphatic rings. The lowest BCUT2D eigenvalue weighted by Gasteiger charge is -2.28. The Labute approximate surface area is 178 Å². The van der Waals surface area contributed by atoms with Gasteiger partial charge in [0, 0.05) is 26.2 Å². The minimum absolute atomic E-state index is 0.0806. The van der Waals surface area contributed by atoms with Crippen molar-refractivity contribution in [2.45, 2.75) is 20.0 Å². The lowest BCUT2D eigenvalue weighted by Crippen LogP contribution is -2.44. The van der Waals surface area contributed by atoms with Gasteiger partial charge in [-0.25, -0.2) is 4.79 Å². The second-order valence-corrected chi connectivity index (χ2v) is 7.21. The van der Waals surface area contributed by atoms with Crippen molar-refractivity contribution in [3.63, 3.8) is 0 Å². The summed E-state index contributed by atoms with van der Waals surface area (Å²) in [5, 5.41) is 12.8. The number of anilines is 1. The summed E-state index contributed by atoms with van der Waals surface area (Å²) in [4.78, 5) is 24.3. The highest BCUT2D eigenvalue weighted by Gasteiger charge is 2.24. The molecule has 0 unspecified atom stereocenters. The molecule has 1 fully saturated rings. The van der Waals surface area contributed by atoms with E-state index in [0.29, 0.717) is 22.5 Å². The van der Waals surface area contributed by atoms with Crippen molar-refractivity contribution in [1.29, 1.82) is 5.26 Å². The maximum atomic E-state index is 13.4. The van der Waals surface area contributed by atoms with Gasteiger partial charge in [0.1, 0.15) is 5.52 Å². The molecule has 3 heterocycles. The fraction of sp³-hybridized carbons (Fsp3) is 0.333. The number of hydrogen-bond donors (Lipinski definition) is 1. The molecule has 152 valence electrons. The van der Waals surface area contributed by atoms with Gasteiger partial charge < -0.3 is 10.2 Å². The molecule has 1 N–H and O–H groups in total. The molecule has 8 nitrogen and oxygen atoms in total. The van der Waals surface area contributed by atoms with Gasteiger partial charge in [0.15, 0.2) is 11.5 Å². The predicted octanol–water partition coefficient (Wildman–Crippen LogP) is 1.60. The van der Waals surface area contributed by atoms with Gasteiger partial charge in [-0.1, -0.05) is 24.1 Å². The molecule has 0 aliphatic carbocycles. The second kappa shape index (κ2) is 8.58. The van der Waals surface area contributed by atoms with E-state index in [1.807, 2.05) is 12.1 Å². The summed E-state index contributed by atoms with van der Waals surface area (Å²) in [5.41, 5.74) is 2.05. The summed E-state index contributed by atoms with van der Waals surface area (Å²) < 4.78 is 3.14. The van der Waals surface area contributed by atoms with Gasteiger partial charge in [0.2, 0.25) is 5.28 Å². The van der Waals surface area contributed by atoms with Crippen LogP contribution in [0, 0.1) is 23.2 Å². The van der Waals surface area contributed by atoms with Crippen molar-refractivity contribution in [2.75, 3.05) is 31.1 Å². The van der Waals surface area contributed by atoms with E-state index in [9.17, 15) is 10.1 Å². The van der Waals surface area contributed by atoms with Crippen LogP contribution in [0.25, 0.3) is 11.2 Å². The molecular weight excluding hydrogens is 402 g/mol. The lowest BCUT2D eigenvalue weighted by atomic mass is 10.1. The van der Waals surface area contributed by atoms with Crippen molar-refractivity contribution < 1.29 is 0 Å². The van der Waals surface area contributed by atoms with Gasteiger partial charge in [-0.05, 0) is 30.2 Å². The number of nitrogens with one attached hydrogen (secondary N) is 1. The molecule has 0 atom stereocenters. The molecule has 3 aromatic rings. The highest BCUT2D eigenvalue weighted by Crippen LogP contribution is 2.26. The van der Waals surface area contributed by atoms with Gasteiger partial charge in [-0.2, -0.15) is 15.2 Å². The van der Waals surface area contributed by atoms with Gasteiger partial charge in [-0.3, -0.25) is 9.13 Å². The first kappa shape index (κ1) is 20.0. The zero-order valence-corrected chi connectivity index (χ0v) is 17.3. The zero-order valence-electron chi connectivity index (χ0n) is 16.5. The number of halogens is 1. The largest absolute Gasteiger partial charge is 0.352 e. The first-order valence-corrected chi connectivity index (χ1v) is 10.0. The van der Waals surface area contributed by atoms with E-state index in [1.165, 1.54) is 0 Å². The van der Waals surface area contributed by atoms with E-state index in [0.717, 1.165) is 31.7 Å². The minimum atomic E-state index is -0.256. The Kier molecular flexibility index (Phi) is 5.71. The topological polar surface area (TPSA) is 91.8 Å². The fourth-order valence-corrected chi connectivity index (χ4v) is 3.81.